The first-order valence-electron chi connectivity index (χ1n) is 9.99. The lowest BCUT2D eigenvalue weighted by Gasteiger charge is -2.09. The number of hydrogen-bond donors (Lipinski definition) is 1. The van der Waals surface area contributed by atoms with Crippen LogP contribution < -0.4 is 11.1 Å². The lowest BCUT2D eigenvalue weighted by molar-refractivity contribution is -0.116. The first-order chi connectivity index (χ1) is 16.0. The first-order valence-corrected chi connectivity index (χ1v) is 10.8. The summed E-state index contributed by atoms with van der Waals surface area (Å²) in [6.45, 7) is 3.35. The van der Waals surface area contributed by atoms with E-state index < -0.39 is 24.2 Å². The molecule has 1 amide bonds. The van der Waals surface area contributed by atoms with Gasteiger partial charge in [-0.2, -0.15) is 0 Å². The third-order valence-electron chi connectivity index (χ3n) is 4.63. The van der Waals surface area contributed by atoms with Crippen molar-refractivity contribution >= 4 is 28.2 Å². The van der Waals surface area contributed by atoms with Crippen LogP contribution in [0.2, 0.25) is 0 Å². The Kier molecular flexibility index (Phi) is 6.41. The average Bonchev–Trinajstić information content (AvgIpc) is 3.34. The Morgan fingerprint density at radius 2 is 1.88 bits per heavy atom. The number of ether oxygens (including phenoxy) is 1. The fourth-order valence-corrected chi connectivity index (χ4v) is 4.36. The van der Waals surface area contributed by atoms with Gasteiger partial charge in [0.1, 0.15) is 17.1 Å². The Hall–Kier alpha value is -4.12. The number of thiophene rings is 1. The monoisotopic (exact) mass is 465 g/mol. The van der Waals surface area contributed by atoms with E-state index in [0.29, 0.717) is 10.6 Å². The molecule has 168 valence electrons. The summed E-state index contributed by atoms with van der Waals surface area (Å²) in [5.74, 6) is -1.76. The van der Waals surface area contributed by atoms with Gasteiger partial charge < -0.3 is 10.1 Å². The van der Waals surface area contributed by atoms with E-state index in [4.69, 9.17) is 9.26 Å². The van der Waals surface area contributed by atoms with Gasteiger partial charge in [0.05, 0.1) is 6.61 Å². The van der Waals surface area contributed by atoms with Gasteiger partial charge in [0.2, 0.25) is 11.7 Å². The third-order valence-corrected chi connectivity index (χ3v) is 5.65. The number of hydrogen-bond acceptors (Lipinski definition) is 9. The number of carbonyl (C=O) groups excluding carboxylic acids is 2. The molecular formula is C22H19N5O5S. The van der Waals surface area contributed by atoms with Crippen molar-refractivity contribution in [1.82, 2.24) is 19.7 Å². The molecule has 0 unspecified atom stereocenters. The minimum Gasteiger partial charge on any atom is -0.462 e. The van der Waals surface area contributed by atoms with Crippen LogP contribution in [0.15, 0.2) is 58.1 Å². The van der Waals surface area contributed by atoms with E-state index in [2.05, 4.69) is 20.4 Å². The smallest absolute Gasteiger partial charge is 0.442 e. The van der Waals surface area contributed by atoms with Gasteiger partial charge in [-0.3, -0.25) is 9.32 Å². The van der Waals surface area contributed by atoms with Gasteiger partial charge in [0.15, 0.2) is 5.82 Å². The molecule has 0 radical (unpaired) electrons. The van der Waals surface area contributed by atoms with Gasteiger partial charge in [-0.25, -0.2) is 24.1 Å². The molecule has 3 aromatic heterocycles. The molecule has 0 saturated carbocycles. The van der Waals surface area contributed by atoms with Crippen molar-refractivity contribution in [2.75, 3.05) is 11.9 Å². The fourth-order valence-electron chi connectivity index (χ4n) is 3.28. The summed E-state index contributed by atoms with van der Waals surface area (Å²) in [5.41, 5.74) is 1.78. The molecule has 4 aromatic rings. The quantitative estimate of drug-likeness (QED) is 0.412. The summed E-state index contributed by atoms with van der Waals surface area (Å²) >= 11 is 1.25. The van der Waals surface area contributed by atoms with Crippen LogP contribution in [0.25, 0.3) is 22.8 Å². The standard InChI is InChI=1S/C22H19N5O5S/c1-3-31-21(29)17-16(14-8-5-4-6-9-14)13(2)33-20(17)25-15(28)12-27-19(26-32-22(27)30)18-23-10-7-11-24-18/h4-11H,3,12H2,1-2H3,(H,25,28). The second-order valence-corrected chi connectivity index (χ2v) is 8.03. The summed E-state index contributed by atoms with van der Waals surface area (Å²) in [5, 5.41) is 6.74. The lowest BCUT2D eigenvalue weighted by Crippen LogP contribution is -2.26. The molecule has 0 aliphatic heterocycles. The molecule has 0 bridgehead atoms. The third kappa shape index (κ3) is 4.58. The van der Waals surface area contributed by atoms with Crippen LogP contribution in [-0.4, -0.2) is 38.2 Å². The number of benzene rings is 1. The Balaban J connectivity index is 1.67. The molecule has 0 spiro atoms. The molecule has 33 heavy (non-hydrogen) atoms. The molecule has 0 saturated heterocycles. The van der Waals surface area contributed by atoms with Crippen molar-refractivity contribution in [3.8, 4) is 22.8 Å². The maximum absolute atomic E-state index is 12.9. The van der Waals surface area contributed by atoms with Gasteiger partial charge in [-0.15, -0.1) is 11.3 Å². The van der Waals surface area contributed by atoms with Crippen LogP contribution in [0.1, 0.15) is 22.2 Å². The predicted molar refractivity (Wildman–Crippen MR) is 121 cm³/mol. The number of rotatable bonds is 7. The molecular weight excluding hydrogens is 446 g/mol. The van der Waals surface area contributed by atoms with Gasteiger partial charge >= 0.3 is 11.7 Å². The van der Waals surface area contributed by atoms with Crippen molar-refractivity contribution in [1.29, 1.82) is 0 Å². The molecule has 1 N–H and O–H groups in total. The van der Waals surface area contributed by atoms with Crippen LogP contribution in [-0.2, 0) is 16.1 Å². The Bertz CT molecular complexity index is 1340. The Morgan fingerprint density at radius 3 is 2.58 bits per heavy atom. The normalized spacial score (nSPS) is 10.7. The molecule has 0 aliphatic carbocycles. The number of amides is 1. The zero-order chi connectivity index (χ0) is 23.4. The van der Waals surface area contributed by atoms with Crippen molar-refractivity contribution in [2.24, 2.45) is 0 Å². The first kappa shape index (κ1) is 22.1. The second-order valence-electron chi connectivity index (χ2n) is 6.80. The number of anilines is 1. The van der Waals surface area contributed by atoms with E-state index in [1.165, 1.54) is 23.7 Å². The van der Waals surface area contributed by atoms with E-state index in [-0.39, 0.29) is 23.8 Å². The van der Waals surface area contributed by atoms with Crippen molar-refractivity contribution < 1.29 is 18.8 Å². The van der Waals surface area contributed by atoms with Crippen LogP contribution in [0, 0.1) is 6.92 Å². The van der Waals surface area contributed by atoms with Gasteiger partial charge in [-0.05, 0) is 25.5 Å². The maximum Gasteiger partial charge on any atom is 0.442 e. The summed E-state index contributed by atoms with van der Waals surface area (Å²) in [7, 11) is 0. The highest BCUT2D eigenvalue weighted by atomic mass is 32.1. The van der Waals surface area contributed by atoms with Crippen LogP contribution in [0.3, 0.4) is 0 Å². The van der Waals surface area contributed by atoms with E-state index in [9.17, 15) is 14.4 Å². The summed E-state index contributed by atoms with van der Waals surface area (Å²) in [4.78, 5) is 46.7. The van der Waals surface area contributed by atoms with Crippen LogP contribution in [0.5, 0.6) is 0 Å². The summed E-state index contributed by atoms with van der Waals surface area (Å²) in [6.07, 6.45) is 2.97. The number of esters is 1. The lowest BCUT2D eigenvalue weighted by atomic mass is 10.0. The SMILES string of the molecule is CCOC(=O)c1c(NC(=O)Cn2c(-c3ncccn3)noc2=O)sc(C)c1-c1ccccc1. The summed E-state index contributed by atoms with van der Waals surface area (Å²) < 4.78 is 11.0. The highest BCUT2D eigenvalue weighted by Gasteiger charge is 2.26. The fraction of sp³-hybridized carbons (Fsp3) is 0.182. The predicted octanol–water partition coefficient (Wildman–Crippen LogP) is 3.15. The highest BCUT2D eigenvalue weighted by molar-refractivity contribution is 7.17. The number of carbonyl (C=O) groups is 2. The number of aryl methyl sites for hydroxylation is 1. The number of nitrogens with one attached hydrogen (secondary N) is 1. The Labute approximate surface area is 191 Å². The summed E-state index contributed by atoms with van der Waals surface area (Å²) in [6, 6.07) is 11.0. The van der Waals surface area contributed by atoms with Crippen LogP contribution >= 0.6 is 11.3 Å². The minimum absolute atomic E-state index is 0.0219. The topological polar surface area (TPSA) is 129 Å². The Morgan fingerprint density at radius 1 is 1.15 bits per heavy atom. The van der Waals surface area contributed by atoms with Gasteiger partial charge in [0, 0.05) is 22.8 Å². The largest absolute Gasteiger partial charge is 0.462 e. The van der Waals surface area contributed by atoms with E-state index in [1.807, 2.05) is 37.3 Å². The molecule has 0 aliphatic rings. The van der Waals surface area contributed by atoms with E-state index >= 15 is 0 Å². The van der Waals surface area contributed by atoms with Crippen molar-refractivity contribution in [2.45, 2.75) is 20.4 Å². The molecule has 10 nitrogen and oxygen atoms in total. The van der Waals surface area contributed by atoms with E-state index in [0.717, 1.165) is 15.0 Å². The number of nitrogens with zero attached hydrogens (tertiary/aromatic N) is 4. The molecule has 11 heteroatoms. The molecule has 0 fully saturated rings. The molecule has 1 aromatic carbocycles. The maximum atomic E-state index is 12.9. The average molecular weight is 465 g/mol. The number of aromatic nitrogens is 4. The highest BCUT2D eigenvalue weighted by Crippen LogP contribution is 2.40. The second kappa shape index (κ2) is 9.57. The molecule has 0 atom stereocenters. The zero-order valence-corrected chi connectivity index (χ0v) is 18.6. The van der Waals surface area contributed by atoms with Crippen molar-refractivity contribution in [3.63, 3.8) is 0 Å². The van der Waals surface area contributed by atoms with Gasteiger partial charge in [0.25, 0.3) is 0 Å². The van der Waals surface area contributed by atoms with Crippen LogP contribution in [0.4, 0.5) is 5.00 Å². The molecule has 3 heterocycles. The van der Waals surface area contributed by atoms with Gasteiger partial charge in [-0.1, -0.05) is 35.5 Å². The van der Waals surface area contributed by atoms with Crippen molar-refractivity contribution in [3.05, 3.63) is 69.8 Å². The molecule has 4 rings (SSSR count). The van der Waals surface area contributed by atoms with E-state index in [1.54, 1.807) is 13.0 Å². The minimum atomic E-state index is -0.828. The zero-order valence-electron chi connectivity index (χ0n) is 17.8.